The van der Waals surface area contributed by atoms with Gasteiger partial charge in [0.05, 0.1) is 13.5 Å². The SMILES string of the molecule is COc1ccc(C(=O)CC(O)(C(F)(F)F)C(F)(F)F)cc1F. The molecule has 0 bridgehead atoms. The quantitative estimate of drug-likeness (QED) is 0.679. The number of rotatable bonds is 4. The molecule has 0 saturated heterocycles. The molecule has 1 N–H and O–H groups in total. The summed E-state index contributed by atoms with van der Waals surface area (Å²) in [6.45, 7) is 0. The van der Waals surface area contributed by atoms with Crippen LogP contribution in [0.15, 0.2) is 18.2 Å². The van der Waals surface area contributed by atoms with Crippen LogP contribution < -0.4 is 4.74 Å². The molecule has 0 spiro atoms. The second-order valence-corrected chi connectivity index (χ2v) is 4.31. The third-order valence-electron chi connectivity index (χ3n) is 2.83. The fraction of sp³-hybridized carbons (Fsp3) is 0.417. The summed E-state index contributed by atoms with van der Waals surface area (Å²) in [5, 5.41) is 8.90. The molecule has 22 heavy (non-hydrogen) atoms. The highest BCUT2D eigenvalue weighted by atomic mass is 19.4. The maximum absolute atomic E-state index is 13.3. The van der Waals surface area contributed by atoms with Gasteiger partial charge in [-0.05, 0) is 18.2 Å². The van der Waals surface area contributed by atoms with Crippen LogP contribution in [-0.2, 0) is 0 Å². The molecule has 1 aromatic carbocycles. The Labute approximate surface area is 119 Å². The van der Waals surface area contributed by atoms with Crippen molar-refractivity contribution >= 4 is 5.78 Å². The smallest absolute Gasteiger partial charge is 0.426 e. The van der Waals surface area contributed by atoms with Crippen LogP contribution in [0, 0.1) is 5.82 Å². The van der Waals surface area contributed by atoms with Crippen molar-refractivity contribution < 1.29 is 45.4 Å². The maximum atomic E-state index is 13.3. The molecule has 0 radical (unpaired) electrons. The van der Waals surface area contributed by atoms with Crippen molar-refractivity contribution in [2.75, 3.05) is 7.11 Å². The van der Waals surface area contributed by atoms with E-state index in [2.05, 4.69) is 4.74 Å². The molecule has 1 rings (SSSR count). The highest BCUT2D eigenvalue weighted by molar-refractivity contribution is 5.97. The minimum Gasteiger partial charge on any atom is -0.494 e. The van der Waals surface area contributed by atoms with Crippen molar-refractivity contribution in [2.24, 2.45) is 0 Å². The Hall–Kier alpha value is -1.84. The molecule has 0 heterocycles. The lowest BCUT2D eigenvalue weighted by molar-refractivity contribution is -0.365. The van der Waals surface area contributed by atoms with E-state index < -0.39 is 41.5 Å². The summed E-state index contributed by atoms with van der Waals surface area (Å²) >= 11 is 0. The molecule has 0 atom stereocenters. The normalized spacial score (nSPS) is 13.1. The summed E-state index contributed by atoms with van der Waals surface area (Å²) < 4.78 is 92.6. The molecule has 0 aromatic heterocycles. The fourth-order valence-corrected chi connectivity index (χ4v) is 1.54. The van der Waals surface area contributed by atoms with Gasteiger partial charge in [0, 0.05) is 5.56 Å². The summed E-state index contributed by atoms with van der Waals surface area (Å²) in [6, 6.07) is 2.08. The Balaban J connectivity index is 3.15. The van der Waals surface area contributed by atoms with E-state index in [4.69, 9.17) is 5.11 Å². The molecule has 0 fully saturated rings. The van der Waals surface area contributed by atoms with Gasteiger partial charge in [-0.3, -0.25) is 4.79 Å². The van der Waals surface area contributed by atoms with E-state index >= 15 is 0 Å². The minimum absolute atomic E-state index is 0.349. The zero-order valence-corrected chi connectivity index (χ0v) is 10.8. The van der Waals surface area contributed by atoms with E-state index in [-0.39, 0.29) is 5.75 Å². The Bertz CT molecular complexity index is 549. The second-order valence-electron chi connectivity index (χ2n) is 4.31. The summed E-state index contributed by atoms with van der Waals surface area (Å²) in [7, 11) is 1.08. The molecular weight excluding hydrogens is 325 g/mol. The average Bonchev–Trinajstić information content (AvgIpc) is 2.35. The van der Waals surface area contributed by atoms with Crippen LogP contribution in [0.3, 0.4) is 0 Å². The molecule has 0 unspecified atom stereocenters. The van der Waals surface area contributed by atoms with E-state index in [0.29, 0.717) is 6.07 Å². The van der Waals surface area contributed by atoms with Crippen molar-refractivity contribution in [2.45, 2.75) is 24.4 Å². The Morgan fingerprint density at radius 3 is 2.00 bits per heavy atom. The predicted molar refractivity (Wildman–Crippen MR) is 59.0 cm³/mol. The van der Waals surface area contributed by atoms with E-state index in [1.165, 1.54) is 0 Å². The number of hydrogen-bond acceptors (Lipinski definition) is 3. The fourth-order valence-electron chi connectivity index (χ4n) is 1.54. The van der Waals surface area contributed by atoms with Crippen molar-refractivity contribution in [3.63, 3.8) is 0 Å². The Morgan fingerprint density at radius 1 is 1.14 bits per heavy atom. The van der Waals surface area contributed by atoms with E-state index in [9.17, 15) is 35.5 Å². The number of ketones is 1. The largest absolute Gasteiger partial charge is 0.494 e. The summed E-state index contributed by atoms with van der Waals surface area (Å²) in [4.78, 5) is 11.5. The molecule has 0 aliphatic rings. The van der Waals surface area contributed by atoms with Gasteiger partial charge in [0.25, 0.3) is 5.60 Å². The van der Waals surface area contributed by atoms with Gasteiger partial charge in [-0.1, -0.05) is 0 Å². The van der Waals surface area contributed by atoms with Crippen LogP contribution >= 0.6 is 0 Å². The van der Waals surface area contributed by atoms with Crippen molar-refractivity contribution in [1.29, 1.82) is 0 Å². The highest BCUT2D eigenvalue weighted by Crippen LogP contribution is 2.45. The topological polar surface area (TPSA) is 46.5 Å². The number of halogens is 7. The lowest BCUT2D eigenvalue weighted by atomic mass is 9.92. The van der Waals surface area contributed by atoms with Gasteiger partial charge in [0.2, 0.25) is 0 Å². The van der Waals surface area contributed by atoms with Gasteiger partial charge < -0.3 is 9.84 Å². The van der Waals surface area contributed by atoms with Crippen LogP contribution in [-0.4, -0.2) is 36.0 Å². The third kappa shape index (κ3) is 3.32. The van der Waals surface area contributed by atoms with Gasteiger partial charge in [-0.2, -0.15) is 26.3 Å². The van der Waals surface area contributed by atoms with Crippen LogP contribution in [0.4, 0.5) is 30.7 Å². The van der Waals surface area contributed by atoms with Gasteiger partial charge >= 0.3 is 12.4 Å². The van der Waals surface area contributed by atoms with E-state index in [1.807, 2.05) is 0 Å². The number of benzene rings is 1. The first-order valence-electron chi connectivity index (χ1n) is 5.56. The van der Waals surface area contributed by atoms with E-state index in [0.717, 1.165) is 19.2 Å². The number of aliphatic hydroxyl groups is 1. The molecule has 3 nitrogen and oxygen atoms in total. The van der Waals surface area contributed by atoms with Gasteiger partial charge in [0.15, 0.2) is 17.3 Å². The number of carbonyl (C=O) groups is 1. The molecular formula is C12H9F7O3. The van der Waals surface area contributed by atoms with Crippen molar-refractivity contribution in [1.82, 2.24) is 0 Å². The van der Waals surface area contributed by atoms with Gasteiger partial charge in [-0.25, -0.2) is 4.39 Å². The average molecular weight is 334 g/mol. The number of carbonyl (C=O) groups excluding carboxylic acids is 1. The first kappa shape index (κ1) is 18.2. The molecule has 1 aromatic rings. The second kappa shape index (κ2) is 5.75. The van der Waals surface area contributed by atoms with Crippen LogP contribution in [0.25, 0.3) is 0 Å². The predicted octanol–water partition coefficient (Wildman–Crippen LogP) is 3.26. The number of alkyl halides is 6. The van der Waals surface area contributed by atoms with Gasteiger partial charge in [-0.15, -0.1) is 0 Å². The molecule has 0 amide bonds. The number of methoxy groups -OCH3 is 1. The summed E-state index contributed by atoms with van der Waals surface area (Å²) in [5.41, 5.74) is -5.97. The number of Topliss-reactive ketones (excluding diaryl/α,β-unsaturated/α-hetero) is 1. The molecule has 10 heteroatoms. The highest BCUT2D eigenvalue weighted by Gasteiger charge is 2.70. The molecule has 124 valence electrons. The standard InChI is InChI=1S/C12H9F7O3/c1-22-9-3-2-6(4-7(9)13)8(20)5-10(21,11(14,15)16)12(17,18)19/h2-4,21H,5H2,1H3. The van der Waals surface area contributed by atoms with Crippen LogP contribution in [0.5, 0.6) is 5.75 Å². The molecule has 0 aliphatic carbocycles. The zero-order valence-electron chi connectivity index (χ0n) is 10.8. The monoisotopic (exact) mass is 334 g/mol. The molecule has 0 aliphatic heterocycles. The minimum atomic E-state index is -6.12. The number of hydrogen-bond donors (Lipinski definition) is 1. The first-order valence-corrected chi connectivity index (χ1v) is 5.56. The van der Waals surface area contributed by atoms with E-state index in [1.54, 1.807) is 0 Å². The number of ether oxygens (including phenoxy) is 1. The third-order valence-corrected chi connectivity index (χ3v) is 2.83. The van der Waals surface area contributed by atoms with Crippen LogP contribution in [0.1, 0.15) is 16.8 Å². The zero-order chi connectivity index (χ0) is 17.3. The van der Waals surface area contributed by atoms with Crippen LogP contribution in [0.2, 0.25) is 0 Å². The lowest BCUT2D eigenvalue weighted by Gasteiger charge is -2.31. The van der Waals surface area contributed by atoms with Gasteiger partial charge in [0.1, 0.15) is 0 Å². The Kier molecular flexibility index (Phi) is 4.76. The summed E-state index contributed by atoms with van der Waals surface area (Å²) in [5.74, 6) is -3.21. The first-order chi connectivity index (χ1) is 9.83. The maximum Gasteiger partial charge on any atom is 0.426 e. The van der Waals surface area contributed by atoms with Crippen molar-refractivity contribution in [3.05, 3.63) is 29.6 Å². The van der Waals surface area contributed by atoms with Crippen molar-refractivity contribution in [3.8, 4) is 5.75 Å². The Morgan fingerprint density at radius 2 is 1.64 bits per heavy atom. The summed E-state index contributed by atoms with van der Waals surface area (Å²) in [6.07, 6.45) is -14.6. The lowest BCUT2D eigenvalue weighted by Crippen LogP contribution is -2.57. The molecule has 0 saturated carbocycles.